The molecule has 0 fully saturated rings. The van der Waals surface area contributed by atoms with Crippen molar-refractivity contribution in [2.45, 2.75) is 6.92 Å². The molecule has 0 bridgehead atoms. The van der Waals surface area contributed by atoms with Crippen LogP contribution in [0, 0.1) is 18.3 Å². The molecule has 0 aromatic rings. The first-order chi connectivity index (χ1) is 5.22. The van der Waals surface area contributed by atoms with Gasteiger partial charge in [-0.25, -0.2) is 0 Å². The molecule has 0 amide bonds. The number of methoxy groups -OCH3 is 1. The van der Waals surface area contributed by atoms with Gasteiger partial charge in [0.25, 0.3) is 0 Å². The van der Waals surface area contributed by atoms with Crippen molar-refractivity contribution < 1.29 is 9.53 Å². The number of rotatable bonds is 4. The lowest BCUT2D eigenvalue weighted by Gasteiger charge is -2.07. The summed E-state index contributed by atoms with van der Waals surface area (Å²) in [5.74, 6) is 2.07. The van der Waals surface area contributed by atoms with E-state index in [1.807, 2.05) is 0 Å². The molecule has 0 saturated heterocycles. The first-order valence-electron chi connectivity index (χ1n) is 3.44. The minimum absolute atomic E-state index is 0.131. The van der Waals surface area contributed by atoms with E-state index >= 15 is 0 Å². The molecule has 11 heavy (non-hydrogen) atoms. The second-order valence-electron chi connectivity index (χ2n) is 2.26. The van der Waals surface area contributed by atoms with Gasteiger partial charge in [0.05, 0.1) is 19.6 Å². The van der Waals surface area contributed by atoms with Gasteiger partial charge in [-0.05, 0) is 0 Å². The highest BCUT2D eigenvalue weighted by molar-refractivity contribution is 5.71. The third-order valence-electron chi connectivity index (χ3n) is 1.28. The number of carbonyl (C=O) groups excluding carboxylic acids is 1. The molecule has 1 atom stereocenters. The lowest BCUT2D eigenvalue weighted by Crippen LogP contribution is -2.27. The van der Waals surface area contributed by atoms with E-state index in [-0.39, 0.29) is 11.9 Å². The van der Waals surface area contributed by atoms with E-state index < -0.39 is 0 Å². The lowest BCUT2D eigenvalue weighted by molar-refractivity contribution is -0.144. The van der Waals surface area contributed by atoms with Crippen molar-refractivity contribution in [3.63, 3.8) is 0 Å². The fourth-order valence-electron chi connectivity index (χ4n) is 0.645. The second-order valence-corrected chi connectivity index (χ2v) is 2.26. The molecule has 1 unspecified atom stereocenters. The predicted molar refractivity (Wildman–Crippen MR) is 42.9 cm³/mol. The van der Waals surface area contributed by atoms with Crippen LogP contribution in [0.2, 0.25) is 0 Å². The first-order valence-corrected chi connectivity index (χ1v) is 3.44. The van der Waals surface area contributed by atoms with E-state index in [9.17, 15) is 4.79 Å². The average molecular weight is 155 g/mol. The summed E-state index contributed by atoms with van der Waals surface area (Å²) in [5.41, 5.74) is 0. The van der Waals surface area contributed by atoms with Crippen LogP contribution < -0.4 is 5.32 Å². The van der Waals surface area contributed by atoms with Gasteiger partial charge in [-0.3, -0.25) is 4.79 Å². The van der Waals surface area contributed by atoms with Crippen molar-refractivity contribution in [2.75, 3.05) is 20.2 Å². The zero-order valence-electron chi connectivity index (χ0n) is 6.89. The number of ether oxygens (including phenoxy) is 1. The number of hydrogen-bond acceptors (Lipinski definition) is 3. The molecular formula is C8H13NO2. The molecule has 3 heteroatoms. The van der Waals surface area contributed by atoms with Gasteiger partial charge in [-0.1, -0.05) is 12.8 Å². The highest BCUT2D eigenvalue weighted by atomic mass is 16.5. The molecule has 0 heterocycles. The van der Waals surface area contributed by atoms with Crippen molar-refractivity contribution in [2.24, 2.45) is 5.92 Å². The maximum Gasteiger partial charge on any atom is 0.309 e. The summed E-state index contributed by atoms with van der Waals surface area (Å²) in [6.07, 6.45) is 4.99. The highest BCUT2D eigenvalue weighted by Gasteiger charge is 2.10. The van der Waals surface area contributed by atoms with Gasteiger partial charge in [-0.15, -0.1) is 6.42 Å². The van der Waals surface area contributed by atoms with Crippen molar-refractivity contribution >= 4 is 5.97 Å². The zero-order chi connectivity index (χ0) is 8.69. The van der Waals surface area contributed by atoms with Crippen LogP contribution in [0.15, 0.2) is 0 Å². The molecule has 0 saturated carbocycles. The Morgan fingerprint density at radius 3 is 2.91 bits per heavy atom. The van der Waals surface area contributed by atoms with E-state index in [0.29, 0.717) is 13.1 Å². The maximum atomic E-state index is 10.8. The number of esters is 1. The minimum Gasteiger partial charge on any atom is -0.469 e. The summed E-state index contributed by atoms with van der Waals surface area (Å²) in [5, 5.41) is 2.91. The Kier molecular flexibility index (Phi) is 5.22. The summed E-state index contributed by atoms with van der Waals surface area (Å²) >= 11 is 0. The van der Waals surface area contributed by atoms with E-state index in [1.165, 1.54) is 7.11 Å². The van der Waals surface area contributed by atoms with Gasteiger partial charge in [0, 0.05) is 6.54 Å². The summed E-state index contributed by atoms with van der Waals surface area (Å²) in [6, 6.07) is 0. The van der Waals surface area contributed by atoms with Gasteiger partial charge in [0.2, 0.25) is 0 Å². The Labute approximate surface area is 67.1 Å². The van der Waals surface area contributed by atoms with Gasteiger partial charge in [-0.2, -0.15) is 0 Å². The van der Waals surface area contributed by atoms with Crippen LogP contribution in [0.4, 0.5) is 0 Å². The molecule has 0 aliphatic rings. The minimum atomic E-state index is -0.213. The molecule has 3 nitrogen and oxygen atoms in total. The van der Waals surface area contributed by atoms with E-state index in [2.05, 4.69) is 16.0 Å². The van der Waals surface area contributed by atoms with Crippen LogP contribution >= 0.6 is 0 Å². The third-order valence-corrected chi connectivity index (χ3v) is 1.28. The topological polar surface area (TPSA) is 38.3 Å². The summed E-state index contributed by atoms with van der Waals surface area (Å²) < 4.78 is 4.51. The van der Waals surface area contributed by atoms with Crippen molar-refractivity contribution in [3.8, 4) is 12.3 Å². The monoisotopic (exact) mass is 155 g/mol. The Bertz CT molecular complexity index is 160. The summed E-state index contributed by atoms with van der Waals surface area (Å²) in [4.78, 5) is 10.8. The number of terminal acetylenes is 1. The van der Waals surface area contributed by atoms with Crippen LogP contribution in [0.25, 0.3) is 0 Å². The van der Waals surface area contributed by atoms with Crippen molar-refractivity contribution in [3.05, 3.63) is 0 Å². The Hall–Kier alpha value is -1.01. The lowest BCUT2D eigenvalue weighted by atomic mass is 10.2. The third kappa shape index (κ3) is 4.40. The van der Waals surface area contributed by atoms with Crippen LogP contribution in [-0.4, -0.2) is 26.2 Å². The van der Waals surface area contributed by atoms with Gasteiger partial charge in [0.15, 0.2) is 0 Å². The zero-order valence-corrected chi connectivity index (χ0v) is 6.89. The molecule has 0 aliphatic carbocycles. The summed E-state index contributed by atoms with van der Waals surface area (Å²) in [7, 11) is 1.38. The first kappa shape index (κ1) is 9.99. The van der Waals surface area contributed by atoms with E-state index in [1.54, 1.807) is 6.92 Å². The second kappa shape index (κ2) is 5.75. The van der Waals surface area contributed by atoms with Crippen molar-refractivity contribution in [1.82, 2.24) is 5.32 Å². The molecule has 1 N–H and O–H groups in total. The maximum absolute atomic E-state index is 10.8. The van der Waals surface area contributed by atoms with Crippen LogP contribution in [0.3, 0.4) is 0 Å². The molecule has 0 rings (SSSR count). The van der Waals surface area contributed by atoms with E-state index in [0.717, 1.165) is 0 Å². The van der Waals surface area contributed by atoms with E-state index in [4.69, 9.17) is 6.42 Å². The van der Waals surface area contributed by atoms with Gasteiger partial charge >= 0.3 is 5.97 Å². The van der Waals surface area contributed by atoms with Gasteiger partial charge in [0.1, 0.15) is 0 Å². The molecule has 62 valence electrons. The molecular weight excluding hydrogens is 142 g/mol. The van der Waals surface area contributed by atoms with Crippen LogP contribution in [-0.2, 0) is 9.53 Å². The number of carbonyl (C=O) groups is 1. The molecule has 0 aromatic heterocycles. The fourth-order valence-corrected chi connectivity index (χ4v) is 0.645. The Balaban J connectivity index is 3.45. The quantitative estimate of drug-likeness (QED) is 0.353. The predicted octanol–water partition coefficient (Wildman–Crippen LogP) is 0.0183. The SMILES string of the molecule is C#CCNCC(C)C(=O)OC. The van der Waals surface area contributed by atoms with Crippen LogP contribution in [0.5, 0.6) is 0 Å². The average Bonchev–Trinajstić information content (AvgIpc) is 2.03. The standard InChI is InChI=1S/C8H13NO2/c1-4-5-9-6-7(2)8(10)11-3/h1,7,9H,5-6H2,2-3H3. The Morgan fingerprint density at radius 2 is 2.45 bits per heavy atom. The Morgan fingerprint density at radius 1 is 1.82 bits per heavy atom. The molecule has 0 radical (unpaired) electrons. The highest BCUT2D eigenvalue weighted by Crippen LogP contribution is 1.94. The smallest absolute Gasteiger partial charge is 0.309 e. The largest absolute Gasteiger partial charge is 0.469 e. The molecule has 0 aliphatic heterocycles. The normalized spacial score (nSPS) is 11.7. The van der Waals surface area contributed by atoms with Crippen LogP contribution in [0.1, 0.15) is 6.92 Å². The number of hydrogen-bond donors (Lipinski definition) is 1. The molecule has 0 aromatic carbocycles. The molecule has 0 spiro atoms. The fraction of sp³-hybridized carbons (Fsp3) is 0.625. The number of nitrogens with one attached hydrogen (secondary N) is 1. The van der Waals surface area contributed by atoms with Crippen molar-refractivity contribution in [1.29, 1.82) is 0 Å². The summed E-state index contributed by atoms with van der Waals surface area (Å²) in [6.45, 7) is 2.84. The van der Waals surface area contributed by atoms with Gasteiger partial charge < -0.3 is 10.1 Å².